The molecule has 1 fully saturated rings. The van der Waals surface area contributed by atoms with E-state index in [9.17, 15) is 29.4 Å². The minimum absolute atomic E-state index is 0.0487. The molecule has 12 nitrogen and oxygen atoms in total. The second-order valence-corrected chi connectivity index (χ2v) is 13.9. The molecular formula is C42H38N6O6. The SMILES string of the molecule is C[C@H](/C=C/CC(=O)N1CCC[C@H]1CO)[C@@]1(O)C(=O)N(Cc2cccc(-n3ncc4ccccc4c3=O)c2)c2ccc(-n3ncc4ccccc4c3=O)cc21. The summed E-state index contributed by atoms with van der Waals surface area (Å²) < 4.78 is 2.57. The van der Waals surface area contributed by atoms with Crippen molar-refractivity contribution < 1.29 is 19.8 Å². The Morgan fingerprint density at radius 2 is 1.52 bits per heavy atom. The first-order chi connectivity index (χ1) is 26.2. The minimum atomic E-state index is -2.07. The second-order valence-electron chi connectivity index (χ2n) is 13.9. The van der Waals surface area contributed by atoms with E-state index in [0.717, 1.165) is 18.2 Å². The molecule has 6 aromatic rings. The summed E-state index contributed by atoms with van der Waals surface area (Å²) in [4.78, 5) is 57.7. The lowest BCUT2D eigenvalue weighted by atomic mass is 9.82. The minimum Gasteiger partial charge on any atom is -0.394 e. The van der Waals surface area contributed by atoms with Gasteiger partial charge in [-0.3, -0.25) is 19.2 Å². The van der Waals surface area contributed by atoms with E-state index >= 15 is 0 Å². The third-order valence-corrected chi connectivity index (χ3v) is 10.7. The zero-order valence-corrected chi connectivity index (χ0v) is 29.6. The highest BCUT2D eigenvalue weighted by atomic mass is 16.3. The Balaban J connectivity index is 1.16. The standard InChI is InChI=1S/C42H38N6O6/c1-27(9-6-17-38(50)45-20-8-14-33(45)26-49)42(54)36-22-32(48-40(52)35-16-5-3-12-30(35)24-44-48)18-19-37(36)46(41(42)53)25-28-10-7-13-31(21-28)47-39(51)34-15-4-2-11-29(34)23-43-47/h2-7,9-13,15-16,18-19,21-24,27,33,49,54H,8,14,17,20,25-26H2,1H3/b9-6+/t27-,33+,42+/m1/s1. The molecule has 2 aliphatic rings. The summed E-state index contributed by atoms with van der Waals surface area (Å²) in [5.74, 6) is -1.51. The van der Waals surface area contributed by atoms with Crippen molar-refractivity contribution in [1.29, 1.82) is 0 Å². The third kappa shape index (κ3) is 5.89. The van der Waals surface area contributed by atoms with Crippen molar-refractivity contribution in [3.05, 3.63) is 147 Å². The fourth-order valence-corrected chi connectivity index (χ4v) is 7.73. The predicted octanol–water partition coefficient (Wildman–Crippen LogP) is 4.38. The van der Waals surface area contributed by atoms with Crippen LogP contribution in [0.3, 0.4) is 0 Å². The van der Waals surface area contributed by atoms with Crippen molar-refractivity contribution in [1.82, 2.24) is 24.5 Å². The van der Waals surface area contributed by atoms with Crippen molar-refractivity contribution in [2.45, 2.75) is 44.4 Å². The molecular weight excluding hydrogens is 684 g/mol. The fourth-order valence-electron chi connectivity index (χ4n) is 7.73. The molecule has 0 radical (unpaired) electrons. The second kappa shape index (κ2) is 14.0. The zero-order chi connectivity index (χ0) is 37.6. The van der Waals surface area contributed by atoms with Gasteiger partial charge in [-0.15, -0.1) is 0 Å². The Morgan fingerprint density at radius 3 is 2.19 bits per heavy atom. The lowest BCUT2D eigenvalue weighted by Gasteiger charge is -2.28. The monoisotopic (exact) mass is 722 g/mol. The fraction of sp³-hybridized carbons (Fsp3) is 0.238. The first kappa shape index (κ1) is 34.8. The summed E-state index contributed by atoms with van der Waals surface area (Å²) in [5.41, 5.74) is -0.371. The molecule has 2 aromatic heterocycles. The zero-order valence-electron chi connectivity index (χ0n) is 29.6. The number of fused-ring (bicyclic) bond motifs is 3. The Morgan fingerprint density at radius 1 is 0.870 bits per heavy atom. The van der Waals surface area contributed by atoms with Crippen molar-refractivity contribution in [2.75, 3.05) is 18.1 Å². The van der Waals surface area contributed by atoms with Gasteiger partial charge in [0.1, 0.15) is 0 Å². The molecule has 54 heavy (non-hydrogen) atoms. The maximum absolute atomic E-state index is 14.6. The average Bonchev–Trinajstić information content (AvgIpc) is 3.76. The van der Waals surface area contributed by atoms with Crippen molar-refractivity contribution in [3.8, 4) is 11.4 Å². The van der Waals surface area contributed by atoms with E-state index in [1.165, 1.54) is 14.3 Å². The number of aliphatic hydroxyl groups excluding tert-OH is 1. The van der Waals surface area contributed by atoms with Crippen LogP contribution in [0.5, 0.6) is 0 Å². The summed E-state index contributed by atoms with van der Waals surface area (Å²) in [6, 6.07) is 26.3. The van der Waals surface area contributed by atoms with Gasteiger partial charge in [-0.25, -0.2) is 0 Å². The molecule has 12 heteroatoms. The lowest BCUT2D eigenvalue weighted by Crippen LogP contribution is -2.44. The van der Waals surface area contributed by atoms with Gasteiger partial charge >= 0.3 is 0 Å². The molecule has 0 saturated carbocycles. The summed E-state index contributed by atoms with van der Waals surface area (Å²) in [5, 5.41) is 33.4. The first-order valence-corrected chi connectivity index (χ1v) is 18.0. The maximum atomic E-state index is 14.6. The van der Waals surface area contributed by atoms with Crippen LogP contribution in [0.25, 0.3) is 32.9 Å². The van der Waals surface area contributed by atoms with Crippen molar-refractivity contribution in [2.24, 2.45) is 5.92 Å². The summed E-state index contributed by atoms with van der Waals surface area (Å²) in [6.45, 7) is 2.26. The molecule has 2 aliphatic heterocycles. The van der Waals surface area contributed by atoms with Gasteiger partial charge in [-0.05, 0) is 60.9 Å². The molecule has 4 heterocycles. The van der Waals surface area contributed by atoms with Crippen LogP contribution in [0.2, 0.25) is 0 Å². The number of benzene rings is 4. The van der Waals surface area contributed by atoms with E-state index in [4.69, 9.17) is 0 Å². The van der Waals surface area contributed by atoms with Crippen molar-refractivity contribution >= 4 is 39.0 Å². The number of hydrogen-bond acceptors (Lipinski definition) is 8. The number of hydrogen-bond donors (Lipinski definition) is 2. The smallest absolute Gasteiger partial charge is 0.279 e. The molecule has 3 atom stereocenters. The van der Waals surface area contributed by atoms with Crippen LogP contribution >= 0.6 is 0 Å². The van der Waals surface area contributed by atoms with Gasteiger partial charge < -0.3 is 20.0 Å². The quantitative estimate of drug-likeness (QED) is 0.209. The predicted molar refractivity (Wildman–Crippen MR) is 205 cm³/mol. The van der Waals surface area contributed by atoms with Crippen molar-refractivity contribution in [3.63, 3.8) is 0 Å². The molecule has 2 N–H and O–H groups in total. The Kier molecular flexibility index (Phi) is 9.00. The van der Waals surface area contributed by atoms with Crippen LogP contribution in [0, 0.1) is 5.92 Å². The van der Waals surface area contributed by atoms with E-state index in [0.29, 0.717) is 50.9 Å². The summed E-state index contributed by atoms with van der Waals surface area (Å²) in [6.07, 6.45) is 8.18. The molecule has 0 bridgehead atoms. The van der Waals surface area contributed by atoms with E-state index in [1.54, 1.807) is 103 Å². The number of likely N-dealkylation sites (tertiary alicyclic amines) is 1. The van der Waals surface area contributed by atoms with Gasteiger partial charge in [0.25, 0.3) is 17.0 Å². The Bertz CT molecular complexity index is 2600. The van der Waals surface area contributed by atoms with E-state index in [1.807, 2.05) is 24.3 Å². The molecule has 2 amide bonds. The van der Waals surface area contributed by atoms with Gasteiger partial charge in [0.2, 0.25) is 5.91 Å². The number of rotatable bonds is 9. The maximum Gasteiger partial charge on any atom is 0.279 e. The molecule has 0 unspecified atom stereocenters. The molecule has 272 valence electrons. The van der Waals surface area contributed by atoms with Gasteiger partial charge in [0, 0.05) is 35.2 Å². The van der Waals surface area contributed by atoms with Crippen LogP contribution in [-0.4, -0.2) is 65.7 Å². The molecule has 8 rings (SSSR count). The largest absolute Gasteiger partial charge is 0.394 e. The van der Waals surface area contributed by atoms with E-state index < -0.39 is 17.4 Å². The summed E-state index contributed by atoms with van der Waals surface area (Å²) in [7, 11) is 0. The topological polar surface area (TPSA) is 151 Å². The molecule has 0 spiro atoms. The van der Waals surface area contributed by atoms with Crippen LogP contribution in [0.15, 0.2) is 125 Å². The Labute approximate surface area is 309 Å². The van der Waals surface area contributed by atoms with Crippen LogP contribution < -0.4 is 16.0 Å². The number of carbonyl (C=O) groups is 2. The van der Waals surface area contributed by atoms with Gasteiger partial charge in [-0.2, -0.15) is 19.6 Å². The third-order valence-electron chi connectivity index (χ3n) is 10.7. The average molecular weight is 723 g/mol. The number of carbonyl (C=O) groups excluding carboxylic acids is 2. The summed E-state index contributed by atoms with van der Waals surface area (Å²) >= 11 is 0. The molecule has 1 saturated heterocycles. The number of anilines is 1. The highest BCUT2D eigenvalue weighted by Crippen LogP contribution is 2.46. The number of amides is 2. The van der Waals surface area contributed by atoms with Gasteiger partial charge in [0.05, 0.1) is 59.4 Å². The Hall–Kier alpha value is -6.24. The van der Waals surface area contributed by atoms with Crippen LogP contribution in [0.4, 0.5) is 5.69 Å². The highest BCUT2D eigenvalue weighted by Gasteiger charge is 2.52. The lowest BCUT2D eigenvalue weighted by molar-refractivity contribution is -0.139. The van der Waals surface area contributed by atoms with E-state index in [2.05, 4.69) is 10.2 Å². The normalized spacial score (nSPS) is 18.9. The molecule has 0 aliphatic carbocycles. The van der Waals surface area contributed by atoms with Gasteiger partial charge in [-0.1, -0.05) is 67.6 Å². The van der Waals surface area contributed by atoms with Crippen LogP contribution in [0.1, 0.15) is 37.3 Å². The highest BCUT2D eigenvalue weighted by molar-refractivity contribution is 6.07. The van der Waals surface area contributed by atoms with Crippen LogP contribution in [-0.2, 0) is 21.7 Å². The first-order valence-electron chi connectivity index (χ1n) is 18.0. The van der Waals surface area contributed by atoms with Gasteiger partial charge in [0.15, 0.2) is 5.60 Å². The van der Waals surface area contributed by atoms with E-state index in [-0.39, 0.29) is 42.6 Å². The molecule has 4 aromatic carbocycles. The number of aliphatic hydroxyl groups is 2. The number of nitrogens with zero attached hydrogens (tertiary/aromatic N) is 6. The number of aromatic nitrogens is 4.